The molecule has 3 rings (SSSR count). The summed E-state index contributed by atoms with van der Waals surface area (Å²) in [5, 5.41) is 2.69. The highest BCUT2D eigenvalue weighted by Crippen LogP contribution is 2.17. The predicted molar refractivity (Wildman–Crippen MR) is 97.5 cm³/mol. The summed E-state index contributed by atoms with van der Waals surface area (Å²) in [6.45, 7) is 2.72. The highest BCUT2D eigenvalue weighted by molar-refractivity contribution is 5.99. The Bertz CT molecular complexity index is 884. The lowest BCUT2D eigenvalue weighted by Gasteiger charge is -2.07. The van der Waals surface area contributed by atoms with Crippen LogP contribution >= 0.6 is 0 Å². The van der Waals surface area contributed by atoms with E-state index < -0.39 is 0 Å². The van der Waals surface area contributed by atoms with Gasteiger partial charge in [-0.05, 0) is 30.2 Å². The van der Waals surface area contributed by atoms with Crippen LogP contribution in [0.4, 0.5) is 0 Å². The van der Waals surface area contributed by atoms with E-state index in [-0.39, 0.29) is 18.2 Å². The Kier molecular flexibility index (Phi) is 5.23. The number of aromatic nitrogens is 2. The minimum atomic E-state index is -0.237. The Labute approximate surface area is 146 Å². The Hall–Kier alpha value is -2.95. The summed E-state index contributed by atoms with van der Waals surface area (Å²) >= 11 is 0. The SMILES string of the molecule is CCCC(=O)CNC(=O)c1ccc2ncn(Cc3ccccc3)c2c1. The number of carbonyl (C=O) groups is 2. The summed E-state index contributed by atoms with van der Waals surface area (Å²) in [6, 6.07) is 15.5. The van der Waals surface area contributed by atoms with Crippen molar-refractivity contribution in [3.63, 3.8) is 0 Å². The molecule has 3 aromatic rings. The van der Waals surface area contributed by atoms with E-state index in [1.807, 2.05) is 41.8 Å². The van der Waals surface area contributed by atoms with Crippen molar-refractivity contribution in [1.29, 1.82) is 0 Å². The molecule has 0 aliphatic rings. The first-order valence-corrected chi connectivity index (χ1v) is 8.46. The third-order valence-electron chi connectivity index (χ3n) is 4.05. The van der Waals surface area contributed by atoms with Crippen LogP contribution in [0.5, 0.6) is 0 Å². The molecule has 0 radical (unpaired) electrons. The van der Waals surface area contributed by atoms with Gasteiger partial charge in [-0.15, -0.1) is 0 Å². The number of carbonyl (C=O) groups excluding carboxylic acids is 2. The molecular formula is C20H21N3O2. The average Bonchev–Trinajstić information content (AvgIpc) is 3.03. The van der Waals surface area contributed by atoms with Crippen molar-refractivity contribution in [1.82, 2.24) is 14.9 Å². The highest BCUT2D eigenvalue weighted by Gasteiger charge is 2.11. The van der Waals surface area contributed by atoms with Crippen LogP contribution in [0.2, 0.25) is 0 Å². The van der Waals surface area contributed by atoms with Gasteiger partial charge in [0.1, 0.15) is 0 Å². The summed E-state index contributed by atoms with van der Waals surface area (Å²) < 4.78 is 2.02. The number of imidazole rings is 1. The maximum Gasteiger partial charge on any atom is 0.251 e. The number of ketones is 1. The molecule has 0 saturated heterocycles. The molecule has 1 heterocycles. The lowest BCUT2D eigenvalue weighted by atomic mass is 10.1. The van der Waals surface area contributed by atoms with Gasteiger partial charge < -0.3 is 9.88 Å². The summed E-state index contributed by atoms with van der Waals surface area (Å²) in [5.41, 5.74) is 3.44. The highest BCUT2D eigenvalue weighted by atomic mass is 16.2. The monoisotopic (exact) mass is 335 g/mol. The minimum absolute atomic E-state index is 0.0473. The maximum atomic E-state index is 12.3. The van der Waals surface area contributed by atoms with E-state index in [2.05, 4.69) is 22.4 Å². The second-order valence-corrected chi connectivity index (χ2v) is 6.03. The molecule has 5 nitrogen and oxygen atoms in total. The second-order valence-electron chi connectivity index (χ2n) is 6.03. The van der Waals surface area contributed by atoms with Gasteiger partial charge in [-0.3, -0.25) is 9.59 Å². The number of hydrogen-bond donors (Lipinski definition) is 1. The van der Waals surface area contributed by atoms with Gasteiger partial charge in [0, 0.05) is 18.5 Å². The van der Waals surface area contributed by atoms with Crippen LogP contribution in [0.3, 0.4) is 0 Å². The van der Waals surface area contributed by atoms with Gasteiger partial charge in [0.05, 0.1) is 23.9 Å². The molecule has 128 valence electrons. The van der Waals surface area contributed by atoms with Crippen LogP contribution in [-0.2, 0) is 11.3 Å². The number of benzene rings is 2. The first kappa shape index (κ1) is 16.9. The molecule has 2 aromatic carbocycles. The molecule has 0 spiro atoms. The average molecular weight is 335 g/mol. The zero-order valence-electron chi connectivity index (χ0n) is 14.2. The first-order chi connectivity index (χ1) is 12.2. The van der Waals surface area contributed by atoms with Crippen LogP contribution in [0.25, 0.3) is 11.0 Å². The van der Waals surface area contributed by atoms with Crippen LogP contribution in [0.1, 0.15) is 35.7 Å². The smallest absolute Gasteiger partial charge is 0.251 e. The van der Waals surface area contributed by atoms with Gasteiger partial charge in [-0.25, -0.2) is 4.98 Å². The van der Waals surface area contributed by atoms with Crippen molar-refractivity contribution in [2.24, 2.45) is 0 Å². The number of fused-ring (bicyclic) bond motifs is 1. The van der Waals surface area contributed by atoms with Crippen molar-refractivity contribution in [3.8, 4) is 0 Å². The van der Waals surface area contributed by atoms with E-state index in [1.165, 1.54) is 5.56 Å². The first-order valence-electron chi connectivity index (χ1n) is 8.46. The summed E-state index contributed by atoms with van der Waals surface area (Å²) in [6.07, 6.45) is 3.06. The Morgan fingerprint density at radius 1 is 1.12 bits per heavy atom. The molecule has 0 fully saturated rings. The molecule has 0 bridgehead atoms. The Morgan fingerprint density at radius 3 is 2.68 bits per heavy atom. The molecule has 1 amide bonds. The lowest BCUT2D eigenvalue weighted by Crippen LogP contribution is -2.29. The number of rotatable bonds is 7. The number of hydrogen-bond acceptors (Lipinski definition) is 3. The molecule has 0 aliphatic heterocycles. The van der Waals surface area contributed by atoms with Gasteiger partial charge >= 0.3 is 0 Å². The molecule has 1 aromatic heterocycles. The fourth-order valence-electron chi connectivity index (χ4n) is 2.75. The molecule has 0 saturated carbocycles. The normalized spacial score (nSPS) is 10.8. The molecular weight excluding hydrogens is 314 g/mol. The molecule has 25 heavy (non-hydrogen) atoms. The summed E-state index contributed by atoms with van der Waals surface area (Å²) in [4.78, 5) is 28.3. The molecule has 1 N–H and O–H groups in total. The van der Waals surface area contributed by atoms with Gasteiger partial charge in [0.25, 0.3) is 5.91 Å². The van der Waals surface area contributed by atoms with Crippen molar-refractivity contribution in [3.05, 3.63) is 66.0 Å². The van der Waals surface area contributed by atoms with Crippen LogP contribution in [-0.4, -0.2) is 27.8 Å². The maximum absolute atomic E-state index is 12.3. The van der Waals surface area contributed by atoms with Crippen LogP contribution in [0, 0.1) is 0 Å². The Balaban J connectivity index is 1.78. The van der Waals surface area contributed by atoms with Gasteiger partial charge in [0.2, 0.25) is 0 Å². The van der Waals surface area contributed by atoms with Gasteiger partial charge in [-0.2, -0.15) is 0 Å². The molecule has 0 aliphatic carbocycles. The topological polar surface area (TPSA) is 64.0 Å². The largest absolute Gasteiger partial charge is 0.345 e. The van der Waals surface area contributed by atoms with Crippen molar-refractivity contribution >= 4 is 22.7 Å². The van der Waals surface area contributed by atoms with Crippen molar-refractivity contribution in [2.75, 3.05) is 6.54 Å². The second kappa shape index (κ2) is 7.75. The zero-order valence-corrected chi connectivity index (χ0v) is 14.2. The van der Waals surface area contributed by atoms with Crippen molar-refractivity contribution in [2.45, 2.75) is 26.3 Å². The van der Waals surface area contributed by atoms with Crippen LogP contribution in [0.15, 0.2) is 54.9 Å². The molecule has 0 unspecified atom stereocenters. The van der Waals surface area contributed by atoms with E-state index >= 15 is 0 Å². The Morgan fingerprint density at radius 2 is 1.92 bits per heavy atom. The lowest BCUT2D eigenvalue weighted by molar-refractivity contribution is -0.118. The summed E-state index contributed by atoms with van der Waals surface area (Å²) in [5.74, 6) is -0.190. The molecule has 0 atom stereocenters. The van der Waals surface area contributed by atoms with Gasteiger partial charge in [-0.1, -0.05) is 37.3 Å². The van der Waals surface area contributed by atoms with Crippen molar-refractivity contribution < 1.29 is 9.59 Å². The van der Waals surface area contributed by atoms with E-state index in [1.54, 1.807) is 12.4 Å². The fraction of sp³-hybridized carbons (Fsp3) is 0.250. The zero-order chi connectivity index (χ0) is 17.6. The van der Waals surface area contributed by atoms with E-state index in [0.29, 0.717) is 18.5 Å². The van der Waals surface area contributed by atoms with E-state index in [0.717, 1.165) is 17.5 Å². The summed E-state index contributed by atoms with van der Waals surface area (Å²) in [7, 11) is 0. The number of amides is 1. The van der Waals surface area contributed by atoms with E-state index in [9.17, 15) is 9.59 Å². The van der Waals surface area contributed by atoms with E-state index in [4.69, 9.17) is 0 Å². The number of Topliss-reactive ketones (excluding diaryl/α,β-unsaturated/α-hetero) is 1. The minimum Gasteiger partial charge on any atom is -0.345 e. The third kappa shape index (κ3) is 4.12. The molecule has 5 heteroatoms. The van der Waals surface area contributed by atoms with Gasteiger partial charge in [0.15, 0.2) is 5.78 Å². The standard InChI is InChI=1S/C20H21N3O2/c1-2-6-17(24)12-21-20(25)16-9-10-18-19(11-16)23(14-22-18)13-15-7-4-3-5-8-15/h3-5,7-11,14H,2,6,12-13H2,1H3,(H,21,25). The third-order valence-corrected chi connectivity index (χ3v) is 4.05. The number of nitrogens with zero attached hydrogens (tertiary/aromatic N) is 2. The predicted octanol–water partition coefficient (Wildman–Crippen LogP) is 3.18. The quantitative estimate of drug-likeness (QED) is 0.721. The number of nitrogens with one attached hydrogen (secondary N) is 1. The fourth-order valence-corrected chi connectivity index (χ4v) is 2.75. The van der Waals surface area contributed by atoms with Crippen LogP contribution < -0.4 is 5.32 Å².